The van der Waals surface area contributed by atoms with E-state index in [2.05, 4.69) is 31.1 Å². The normalized spacial score (nSPS) is 21.3. The number of carbonyl (C=O) groups excluding carboxylic acids is 2. The van der Waals surface area contributed by atoms with Crippen LogP contribution >= 0.6 is 0 Å². The zero-order valence-corrected chi connectivity index (χ0v) is 22.4. The third kappa shape index (κ3) is 6.97. The number of alkyl halides is 3. The van der Waals surface area contributed by atoms with Crippen LogP contribution in [0.4, 0.5) is 13.2 Å². The molecule has 39 heavy (non-hydrogen) atoms. The van der Waals surface area contributed by atoms with Crippen LogP contribution in [0.25, 0.3) is 0 Å². The van der Waals surface area contributed by atoms with Gasteiger partial charge in [0.2, 0.25) is 11.8 Å². The lowest BCUT2D eigenvalue weighted by Gasteiger charge is -2.42. The van der Waals surface area contributed by atoms with Gasteiger partial charge in [-0.25, -0.2) is 4.79 Å². The molecule has 2 aliphatic heterocycles. The Morgan fingerprint density at radius 2 is 1.87 bits per heavy atom. The maximum Gasteiger partial charge on any atom is 0.490 e. The Morgan fingerprint density at radius 3 is 2.46 bits per heavy atom. The molecule has 2 saturated heterocycles. The minimum atomic E-state index is -5.08. The van der Waals surface area contributed by atoms with Crippen molar-refractivity contribution < 1.29 is 37.4 Å². The molecule has 1 N–H and O–H groups in total. The molecule has 2 aromatic rings. The number of piperidine rings is 1. The van der Waals surface area contributed by atoms with Crippen LogP contribution < -0.4 is 0 Å². The lowest BCUT2D eigenvalue weighted by atomic mass is 9.70. The van der Waals surface area contributed by atoms with Crippen molar-refractivity contribution in [2.24, 2.45) is 5.41 Å². The maximum atomic E-state index is 14.0. The first-order chi connectivity index (χ1) is 18.4. The summed E-state index contributed by atoms with van der Waals surface area (Å²) in [6.45, 7) is 8.95. The number of carbonyl (C=O) groups is 3. The SMILES string of the molecule is CCOCC(=O)N1C[C@@H](c2ccnn2C(C)C)[C@@]2(CCCN(Cc3ccccc3)C2=O)C1.O=C(O)C(F)(F)F. The highest BCUT2D eigenvalue weighted by Crippen LogP contribution is 2.50. The van der Waals surface area contributed by atoms with E-state index in [0.29, 0.717) is 26.2 Å². The fourth-order valence-electron chi connectivity index (χ4n) is 5.32. The van der Waals surface area contributed by atoms with Gasteiger partial charge in [0.05, 0.1) is 5.41 Å². The van der Waals surface area contributed by atoms with Gasteiger partial charge in [-0.1, -0.05) is 30.3 Å². The number of amides is 2. The molecule has 0 radical (unpaired) electrons. The second kappa shape index (κ2) is 12.6. The molecule has 2 fully saturated rings. The average molecular weight is 553 g/mol. The first-order valence-electron chi connectivity index (χ1n) is 12.9. The Hall–Kier alpha value is -3.41. The van der Waals surface area contributed by atoms with Crippen molar-refractivity contribution >= 4 is 17.8 Å². The zero-order chi connectivity index (χ0) is 28.8. The number of carboxylic acid groups (broad SMARTS) is 1. The highest BCUT2D eigenvalue weighted by Gasteiger charge is 2.57. The van der Waals surface area contributed by atoms with E-state index in [9.17, 15) is 22.8 Å². The molecule has 12 heteroatoms. The molecule has 2 atom stereocenters. The first kappa shape index (κ1) is 30.1. The predicted octanol–water partition coefficient (Wildman–Crippen LogP) is 3.87. The van der Waals surface area contributed by atoms with Gasteiger partial charge in [0.1, 0.15) is 6.61 Å². The molecule has 0 bridgehead atoms. The van der Waals surface area contributed by atoms with Crippen molar-refractivity contribution in [3.63, 3.8) is 0 Å². The molecule has 1 aromatic heterocycles. The third-order valence-corrected chi connectivity index (χ3v) is 7.10. The van der Waals surface area contributed by atoms with Gasteiger partial charge in [0, 0.05) is 56.6 Å². The quantitative estimate of drug-likeness (QED) is 0.559. The fraction of sp³-hybridized carbons (Fsp3) is 0.556. The molecule has 0 unspecified atom stereocenters. The highest BCUT2D eigenvalue weighted by atomic mass is 19.4. The number of halogens is 3. The van der Waals surface area contributed by atoms with E-state index >= 15 is 0 Å². The smallest absolute Gasteiger partial charge is 0.475 e. The number of carboxylic acids is 1. The molecule has 2 aliphatic rings. The molecule has 1 aromatic carbocycles. The molecular formula is C27H35F3N4O5. The summed E-state index contributed by atoms with van der Waals surface area (Å²) in [6, 6.07) is 12.3. The number of aromatic nitrogens is 2. The van der Waals surface area contributed by atoms with Gasteiger partial charge in [-0.05, 0) is 45.2 Å². The Balaban J connectivity index is 0.000000532. The van der Waals surface area contributed by atoms with Crippen molar-refractivity contribution in [1.82, 2.24) is 19.6 Å². The van der Waals surface area contributed by atoms with E-state index in [4.69, 9.17) is 14.6 Å². The van der Waals surface area contributed by atoms with Gasteiger partial charge in [0.15, 0.2) is 0 Å². The number of ether oxygens (including phenoxy) is 1. The van der Waals surface area contributed by atoms with Gasteiger partial charge in [-0.2, -0.15) is 18.3 Å². The lowest BCUT2D eigenvalue weighted by molar-refractivity contribution is -0.192. The van der Waals surface area contributed by atoms with Crippen LogP contribution in [0, 0.1) is 5.41 Å². The van der Waals surface area contributed by atoms with E-state index < -0.39 is 17.6 Å². The van der Waals surface area contributed by atoms with Crippen molar-refractivity contribution in [3.8, 4) is 0 Å². The summed E-state index contributed by atoms with van der Waals surface area (Å²) in [5.41, 5.74) is 1.55. The van der Waals surface area contributed by atoms with Crippen molar-refractivity contribution in [2.75, 3.05) is 32.8 Å². The number of rotatable bonds is 7. The van der Waals surface area contributed by atoms with Crippen LogP contribution in [0.2, 0.25) is 0 Å². The second-order valence-electron chi connectivity index (χ2n) is 10.0. The molecule has 2 amide bonds. The predicted molar refractivity (Wildman–Crippen MR) is 136 cm³/mol. The molecule has 9 nitrogen and oxygen atoms in total. The topological polar surface area (TPSA) is 105 Å². The van der Waals surface area contributed by atoms with Crippen molar-refractivity contribution in [1.29, 1.82) is 0 Å². The molecule has 214 valence electrons. The lowest BCUT2D eigenvalue weighted by Crippen LogP contribution is -2.52. The minimum absolute atomic E-state index is 0.0441. The van der Waals surface area contributed by atoms with Crippen molar-refractivity contribution in [3.05, 3.63) is 53.9 Å². The summed E-state index contributed by atoms with van der Waals surface area (Å²) >= 11 is 0. The fourth-order valence-corrected chi connectivity index (χ4v) is 5.32. The maximum absolute atomic E-state index is 14.0. The number of likely N-dealkylation sites (tertiary alicyclic amines) is 2. The summed E-state index contributed by atoms with van der Waals surface area (Å²) in [6.07, 6.45) is -1.56. The van der Waals surface area contributed by atoms with Crippen LogP contribution in [0.3, 0.4) is 0 Å². The Labute approximate surface area is 225 Å². The van der Waals surface area contributed by atoms with Crippen LogP contribution in [0.5, 0.6) is 0 Å². The molecule has 4 rings (SSSR count). The third-order valence-electron chi connectivity index (χ3n) is 7.10. The van der Waals surface area contributed by atoms with E-state index in [1.165, 1.54) is 0 Å². The standard InChI is InChI=1S/C25H34N4O3.C2HF3O2/c1-4-32-17-23(30)28-16-21(22-11-13-26-29(22)19(2)3)25(18-28)12-8-14-27(24(25)31)15-20-9-6-5-7-10-20;3-2(4,5)1(6)7/h5-7,9-11,13,19,21H,4,8,12,14-18H2,1-3H3;(H,6,7)/t21-,25+;/m0./s1. The Morgan fingerprint density at radius 1 is 1.21 bits per heavy atom. The van der Waals surface area contributed by atoms with E-state index in [1.54, 1.807) is 0 Å². The summed E-state index contributed by atoms with van der Waals surface area (Å²) in [4.78, 5) is 39.7. The molecule has 0 aliphatic carbocycles. The van der Waals surface area contributed by atoms with Crippen LogP contribution in [0.1, 0.15) is 56.8 Å². The second-order valence-corrected chi connectivity index (χ2v) is 10.0. The van der Waals surface area contributed by atoms with Crippen LogP contribution in [-0.2, 0) is 25.7 Å². The highest BCUT2D eigenvalue weighted by molar-refractivity contribution is 5.87. The Bertz CT molecular complexity index is 1140. The minimum Gasteiger partial charge on any atom is -0.475 e. The monoisotopic (exact) mass is 552 g/mol. The number of hydrogen-bond acceptors (Lipinski definition) is 5. The zero-order valence-electron chi connectivity index (χ0n) is 22.4. The van der Waals surface area contributed by atoms with Crippen molar-refractivity contribution in [2.45, 2.75) is 58.3 Å². The molecule has 1 spiro atoms. The average Bonchev–Trinajstić information content (AvgIpc) is 3.52. The summed E-state index contributed by atoms with van der Waals surface area (Å²) < 4.78 is 39.1. The first-order valence-corrected chi connectivity index (χ1v) is 12.9. The Kier molecular flexibility index (Phi) is 9.76. The van der Waals surface area contributed by atoms with E-state index in [-0.39, 0.29) is 30.4 Å². The van der Waals surface area contributed by atoms with E-state index in [0.717, 1.165) is 30.6 Å². The van der Waals surface area contributed by atoms with Gasteiger partial charge in [0.25, 0.3) is 0 Å². The van der Waals surface area contributed by atoms with Crippen LogP contribution in [-0.4, -0.2) is 81.5 Å². The molecule has 3 heterocycles. The van der Waals surface area contributed by atoms with Crippen LogP contribution in [0.15, 0.2) is 42.6 Å². The summed E-state index contributed by atoms with van der Waals surface area (Å²) in [5, 5.41) is 11.7. The number of benzene rings is 1. The summed E-state index contributed by atoms with van der Waals surface area (Å²) in [5.74, 6) is -2.73. The number of nitrogens with zero attached hydrogens (tertiary/aromatic N) is 4. The molecular weight excluding hydrogens is 517 g/mol. The molecule has 0 saturated carbocycles. The van der Waals surface area contributed by atoms with Gasteiger partial charge in [-0.15, -0.1) is 0 Å². The summed E-state index contributed by atoms with van der Waals surface area (Å²) in [7, 11) is 0. The largest absolute Gasteiger partial charge is 0.490 e. The van der Waals surface area contributed by atoms with Gasteiger partial charge in [-0.3, -0.25) is 14.3 Å². The number of aliphatic carboxylic acids is 1. The number of hydrogen-bond donors (Lipinski definition) is 1. The van der Waals surface area contributed by atoms with Gasteiger partial charge >= 0.3 is 12.1 Å². The van der Waals surface area contributed by atoms with Gasteiger partial charge < -0.3 is 19.6 Å². The van der Waals surface area contributed by atoms with E-state index in [1.807, 2.05) is 51.9 Å².